The lowest BCUT2D eigenvalue weighted by atomic mass is 9.94. The van der Waals surface area contributed by atoms with Gasteiger partial charge < -0.3 is 47.7 Å². The predicted molar refractivity (Wildman–Crippen MR) is 194 cm³/mol. The van der Waals surface area contributed by atoms with E-state index in [4.69, 9.17) is 42.6 Å². The second kappa shape index (κ2) is 19.2. The van der Waals surface area contributed by atoms with Gasteiger partial charge in [-0.05, 0) is 40.7 Å². The van der Waals surface area contributed by atoms with Crippen molar-refractivity contribution in [1.82, 2.24) is 0 Å². The first kappa shape index (κ1) is 39.9. The van der Waals surface area contributed by atoms with Crippen molar-refractivity contribution in [3.05, 3.63) is 113 Å². The zero-order chi connectivity index (χ0) is 39.3. The molecule has 14 nitrogen and oxygen atoms in total. The van der Waals surface area contributed by atoms with Crippen molar-refractivity contribution in [3.63, 3.8) is 0 Å². The Hall–Kier alpha value is -6.28. The van der Waals surface area contributed by atoms with E-state index in [1.165, 1.54) is 30.3 Å². The van der Waals surface area contributed by atoms with Crippen molar-refractivity contribution in [2.75, 3.05) is 13.2 Å². The number of benzene rings is 4. The second-order valence-corrected chi connectivity index (χ2v) is 13.3. The van der Waals surface area contributed by atoms with Crippen molar-refractivity contribution in [2.45, 2.75) is 59.5 Å². The Kier molecular flexibility index (Phi) is 13.9. The van der Waals surface area contributed by atoms with E-state index in [1.807, 2.05) is 39.8 Å². The zero-order valence-electron chi connectivity index (χ0n) is 30.8. The highest BCUT2D eigenvalue weighted by molar-refractivity contribution is 5.70. The number of fused-ring (bicyclic) bond motifs is 1. The third-order valence-corrected chi connectivity index (χ3v) is 7.70. The molecule has 1 aliphatic rings. The number of aliphatic hydroxyl groups excluding tert-OH is 1. The summed E-state index contributed by atoms with van der Waals surface area (Å²) in [6.45, 7) is 7.47. The molecule has 14 heteroatoms. The van der Waals surface area contributed by atoms with Crippen LogP contribution in [0.4, 0.5) is 19.2 Å². The van der Waals surface area contributed by atoms with E-state index in [-0.39, 0.29) is 84.6 Å². The minimum Gasteiger partial charge on any atom is -0.482 e. The molecule has 0 saturated heterocycles. The molecule has 0 radical (unpaired) electrons. The number of carbonyl (C=O) groups excluding carboxylic acids is 4. The first-order valence-corrected chi connectivity index (χ1v) is 17.5. The van der Waals surface area contributed by atoms with Gasteiger partial charge in [0.2, 0.25) is 0 Å². The first-order chi connectivity index (χ1) is 26.4. The summed E-state index contributed by atoms with van der Waals surface area (Å²) in [6, 6.07) is 24.7. The van der Waals surface area contributed by atoms with Gasteiger partial charge in [-0.1, -0.05) is 94.4 Å². The molecule has 4 aromatic rings. The summed E-state index contributed by atoms with van der Waals surface area (Å²) < 4.78 is 48.8. The van der Waals surface area contributed by atoms with Crippen molar-refractivity contribution in [3.8, 4) is 28.7 Å². The summed E-state index contributed by atoms with van der Waals surface area (Å²) in [5, 5.41) is 11.4. The van der Waals surface area contributed by atoms with Gasteiger partial charge in [-0.2, -0.15) is 0 Å². The molecule has 1 heterocycles. The molecule has 0 aliphatic carbocycles. The highest BCUT2D eigenvalue weighted by Crippen LogP contribution is 2.44. The average molecular weight is 759 g/mol. The van der Waals surface area contributed by atoms with Crippen molar-refractivity contribution in [2.24, 2.45) is 11.8 Å². The molecule has 1 aliphatic heterocycles. The largest absolute Gasteiger partial charge is 0.514 e. The minimum atomic E-state index is -1.25. The molecule has 290 valence electrons. The molecule has 4 aromatic carbocycles. The Morgan fingerprint density at radius 3 is 1.69 bits per heavy atom. The van der Waals surface area contributed by atoms with Crippen molar-refractivity contribution >= 4 is 24.6 Å². The number of carbonyl (C=O) groups is 4. The van der Waals surface area contributed by atoms with Gasteiger partial charge in [0.25, 0.3) is 0 Å². The Labute approximate surface area is 317 Å². The molecule has 0 fully saturated rings. The number of rotatable bonds is 13. The molecule has 0 aromatic heterocycles. The van der Waals surface area contributed by atoms with E-state index in [0.29, 0.717) is 5.56 Å². The molecule has 55 heavy (non-hydrogen) atoms. The monoisotopic (exact) mass is 758 g/mol. The standard InChI is InChI=1S/C41H42O14/c1-25(2)21-47-38(43)51-30-18-34-31(35(19-30)54-39(44)48-22-26(3)4)20-32(42)37(52-34)29-15-16-33(53-40(45)49-23-27-11-7-5-8-12-27)36(17-29)55-41(46)50-24-28-13-9-6-10-14-28/h5-19,25-26,32,37,42H,20-24H2,1-4H3/t32-,37?/m1/s1. The number of hydrogen-bond donors (Lipinski definition) is 1. The van der Waals surface area contributed by atoms with Crippen LogP contribution in [0.15, 0.2) is 91.0 Å². The fraction of sp³-hybridized carbons (Fsp3) is 0.317. The lowest BCUT2D eigenvalue weighted by molar-refractivity contribution is 0.0189. The highest BCUT2D eigenvalue weighted by atomic mass is 16.8. The molecule has 1 N–H and O–H groups in total. The summed E-state index contributed by atoms with van der Waals surface area (Å²) in [4.78, 5) is 50.6. The maximum absolute atomic E-state index is 12.9. The van der Waals surface area contributed by atoms with Crippen LogP contribution in [0.25, 0.3) is 0 Å². The van der Waals surface area contributed by atoms with Gasteiger partial charge in [0, 0.05) is 24.1 Å². The number of aliphatic hydroxyl groups is 1. The van der Waals surface area contributed by atoms with Crippen LogP contribution in [0.1, 0.15) is 56.1 Å². The van der Waals surface area contributed by atoms with Crippen LogP contribution in [0.5, 0.6) is 28.7 Å². The first-order valence-electron chi connectivity index (χ1n) is 17.5. The summed E-state index contributed by atoms with van der Waals surface area (Å²) in [6.07, 6.45) is -6.62. The van der Waals surface area contributed by atoms with Crippen LogP contribution < -0.4 is 23.7 Å². The molecule has 0 bridgehead atoms. The zero-order valence-corrected chi connectivity index (χ0v) is 30.8. The maximum Gasteiger partial charge on any atom is 0.514 e. The van der Waals surface area contributed by atoms with Crippen LogP contribution in [-0.4, -0.2) is 49.0 Å². The summed E-state index contributed by atoms with van der Waals surface area (Å²) in [5.74, 6) is -0.380. The quantitative estimate of drug-likeness (QED) is 0.0781. The smallest absolute Gasteiger partial charge is 0.482 e. The lowest BCUT2D eigenvalue weighted by Crippen LogP contribution is -2.31. The van der Waals surface area contributed by atoms with E-state index in [9.17, 15) is 24.3 Å². The molecule has 1 unspecified atom stereocenters. The average Bonchev–Trinajstić information content (AvgIpc) is 3.16. The summed E-state index contributed by atoms with van der Waals surface area (Å²) in [7, 11) is 0. The topological polar surface area (TPSA) is 172 Å². The maximum atomic E-state index is 12.9. The van der Waals surface area contributed by atoms with Crippen molar-refractivity contribution < 1.29 is 66.9 Å². The Morgan fingerprint density at radius 1 is 0.618 bits per heavy atom. The van der Waals surface area contributed by atoms with Crippen LogP contribution >= 0.6 is 0 Å². The molecule has 2 atom stereocenters. The molecule has 0 spiro atoms. The number of hydrogen-bond acceptors (Lipinski definition) is 14. The molecule has 0 amide bonds. The predicted octanol–water partition coefficient (Wildman–Crippen LogP) is 8.50. The summed E-state index contributed by atoms with van der Waals surface area (Å²) in [5.41, 5.74) is 2.01. The van der Waals surface area contributed by atoms with E-state index in [2.05, 4.69) is 0 Å². The van der Waals surface area contributed by atoms with E-state index in [1.54, 1.807) is 48.5 Å². The Balaban J connectivity index is 1.41. The van der Waals surface area contributed by atoms with Gasteiger partial charge in [0.15, 0.2) is 11.5 Å². The van der Waals surface area contributed by atoms with Gasteiger partial charge in [-0.25, -0.2) is 19.2 Å². The fourth-order valence-electron chi connectivity index (χ4n) is 5.13. The fourth-order valence-corrected chi connectivity index (χ4v) is 5.13. The molecule has 5 rings (SSSR count). The van der Waals surface area contributed by atoms with Crippen molar-refractivity contribution in [1.29, 1.82) is 0 Å². The van der Waals surface area contributed by atoms with Gasteiger partial charge in [-0.15, -0.1) is 0 Å². The lowest BCUT2D eigenvalue weighted by Gasteiger charge is -2.32. The van der Waals surface area contributed by atoms with E-state index < -0.39 is 36.8 Å². The summed E-state index contributed by atoms with van der Waals surface area (Å²) >= 11 is 0. The van der Waals surface area contributed by atoms with Crippen LogP contribution in [0.3, 0.4) is 0 Å². The van der Waals surface area contributed by atoms with Gasteiger partial charge >= 0.3 is 24.6 Å². The molecule has 0 saturated carbocycles. The molecular formula is C41H42O14. The number of ether oxygens (including phenoxy) is 9. The van der Waals surface area contributed by atoms with Gasteiger partial charge in [-0.3, -0.25) is 0 Å². The molecular weight excluding hydrogens is 716 g/mol. The minimum absolute atomic E-state index is 0.0362. The van der Waals surface area contributed by atoms with E-state index >= 15 is 0 Å². The third kappa shape index (κ3) is 12.1. The SMILES string of the molecule is CC(C)COC(=O)Oc1cc(OC(=O)OCC(C)C)c2c(c1)OC(c1ccc(OC(=O)OCc3ccccc3)c(OC(=O)OCc3ccccc3)c1)[C@H](O)C2. The van der Waals surface area contributed by atoms with Crippen LogP contribution in [0, 0.1) is 11.8 Å². The van der Waals surface area contributed by atoms with Gasteiger partial charge in [0.05, 0.1) is 19.3 Å². The second-order valence-electron chi connectivity index (χ2n) is 13.3. The third-order valence-electron chi connectivity index (χ3n) is 7.70. The Morgan fingerprint density at radius 2 is 1.13 bits per heavy atom. The normalized spacial score (nSPS) is 14.5. The highest BCUT2D eigenvalue weighted by Gasteiger charge is 2.34. The van der Waals surface area contributed by atoms with Crippen LogP contribution in [0.2, 0.25) is 0 Å². The van der Waals surface area contributed by atoms with Crippen LogP contribution in [-0.2, 0) is 38.6 Å². The van der Waals surface area contributed by atoms with E-state index in [0.717, 1.165) is 5.56 Å². The van der Waals surface area contributed by atoms with Gasteiger partial charge in [0.1, 0.15) is 36.6 Å². The Bertz CT molecular complexity index is 1930.